The maximum Gasteiger partial charge on any atom is 0.242 e. The average molecular weight is 288 g/mol. The molecule has 6 heteroatoms. The summed E-state index contributed by atoms with van der Waals surface area (Å²) in [6.45, 7) is 2.44. The normalized spacial score (nSPS) is 29.1. The highest BCUT2D eigenvalue weighted by atomic mass is 32.2. The van der Waals surface area contributed by atoms with Gasteiger partial charge in [-0.05, 0) is 26.2 Å². The van der Waals surface area contributed by atoms with Gasteiger partial charge < -0.3 is 10.6 Å². The number of hydrogen-bond acceptors (Lipinski definition) is 4. The quantitative estimate of drug-likeness (QED) is 0.828. The van der Waals surface area contributed by atoms with Crippen molar-refractivity contribution in [3.63, 3.8) is 0 Å². The molecule has 1 atom stereocenters. The van der Waals surface area contributed by atoms with Crippen LogP contribution in [0.3, 0.4) is 0 Å². The van der Waals surface area contributed by atoms with E-state index in [0.717, 1.165) is 32.1 Å². The number of carbonyl (C=O) groups excluding carboxylic acids is 1. The lowest BCUT2D eigenvalue weighted by Gasteiger charge is -2.38. The Labute approximate surface area is 115 Å². The minimum absolute atomic E-state index is 0.0446. The van der Waals surface area contributed by atoms with Crippen LogP contribution in [0.15, 0.2) is 0 Å². The van der Waals surface area contributed by atoms with Gasteiger partial charge >= 0.3 is 0 Å². The molecule has 2 N–H and O–H groups in total. The standard InChI is InChI=1S/C13H24N2O3S/c1-2-15(11-6-9-19(17,18)10-11)12(16)13(14)7-4-3-5-8-13/h11H,2-10,14H2,1H3. The second-order valence-electron chi connectivity index (χ2n) is 5.86. The number of carbonyl (C=O) groups is 1. The van der Waals surface area contributed by atoms with E-state index in [1.807, 2.05) is 6.92 Å². The maximum absolute atomic E-state index is 12.7. The summed E-state index contributed by atoms with van der Waals surface area (Å²) in [4.78, 5) is 14.4. The van der Waals surface area contributed by atoms with Gasteiger partial charge in [-0.25, -0.2) is 8.42 Å². The molecular weight excluding hydrogens is 264 g/mol. The van der Waals surface area contributed by atoms with Crippen LogP contribution in [0.4, 0.5) is 0 Å². The molecule has 0 bridgehead atoms. The molecular formula is C13H24N2O3S. The van der Waals surface area contributed by atoms with Gasteiger partial charge in [0.15, 0.2) is 9.84 Å². The van der Waals surface area contributed by atoms with Crippen molar-refractivity contribution in [1.29, 1.82) is 0 Å². The Morgan fingerprint density at radius 2 is 1.95 bits per heavy atom. The van der Waals surface area contributed by atoms with E-state index in [-0.39, 0.29) is 23.5 Å². The molecule has 1 saturated heterocycles. The van der Waals surface area contributed by atoms with Gasteiger partial charge in [0, 0.05) is 12.6 Å². The minimum Gasteiger partial charge on any atom is -0.337 e. The van der Waals surface area contributed by atoms with Gasteiger partial charge in [0.2, 0.25) is 5.91 Å². The first-order valence-corrected chi connectivity index (χ1v) is 9.00. The lowest BCUT2D eigenvalue weighted by molar-refractivity contribution is -0.140. The third-order valence-corrected chi connectivity index (χ3v) is 6.17. The fraction of sp³-hybridized carbons (Fsp3) is 0.923. The van der Waals surface area contributed by atoms with Crippen molar-refractivity contribution in [1.82, 2.24) is 4.90 Å². The van der Waals surface area contributed by atoms with Gasteiger partial charge in [-0.1, -0.05) is 19.3 Å². The molecule has 0 aromatic rings. The molecule has 2 aliphatic rings. The van der Waals surface area contributed by atoms with Crippen LogP contribution < -0.4 is 5.73 Å². The van der Waals surface area contributed by atoms with Crippen LogP contribution in [0.1, 0.15) is 45.4 Å². The molecule has 0 aromatic carbocycles. The summed E-state index contributed by atoms with van der Waals surface area (Å²) in [6.07, 6.45) is 5.11. The molecule has 1 aliphatic carbocycles. The van der Waals surface area contributed by atoms with Crippen molar-refractivity contribution in [3.8, 4) is 0 Å². The third kappa shape index (κ3) is 3.11. The fourth-order valence-corrected chi connectivity index (χ4v) is 5.00. The molecule has 1 amide bonds. The summed E-state index contributed by atoms with van der Waals surface area (Å²) in [5.41, 5.74) is 5.51. The van der Waals surface area contributed by atoms with Crippen molar-refractivity contribution in [2.45, 2.75) is 57.0 Å². The van der Waals surface area contributed by atoms with Crippen molar-refractivity contribution in [2.24, 2.45) is 5.73 Å². The number of sulfone groups is 1. The zero-order chi connectivity index (χ0) is 14.1. The second kappa shape index (κ2) is 5.40. The first-order valence-electron chi connectivity index (χ1n) is 7.18. The fourth-order valence-electron chi connectivity index (χ4n) is 3.27. The highest BCUT2D eigenvalue weighted by Gasteiger charge is 2.42. The van der Waals surface area contributed by atoms with E-state index in [0.29, 0.717) is 13.0 Å². The second-order valence-corrected chi connectivity index (χ2v) is 8.09. The van der Waals surface area contributed by atoms with Gasteiger partial charge in [-0.2, -0.15) is 0 Å². The van der Waals surface area contributed by atoms with Gasteiger partial charge in [0.25, 0.3) is 0 Å². The molecule has 0 spiro atoms. The minimum atomic E-state index is -2.97. The van der Waals surface area contributed by atoms with E-state index in [1.54, 1.807) is 4.90 Å². The molecule has 0 radical (unpaired) electrons. The molecule has 0 aromatic heterocycles. The summed E-state index contributed by atoms with van der Waals surface area (Å²) in [6, 6.07) is -0.176. The Morgan fingerprint density at radius 1 is 1.32 bits per heavy atom. The first kappa shape index (κ1) is 14.8. The summed E-state index contributed by atoms with van der Waals surface area (Å²) >= 11 is 0. The SMILES string of the molecule is CCN(C(=O)C1(N)CCCCC1)C1CCS(=O)(=O)C1. The third-order valence-electron chi connectivity index (χ3n) is 4.42. The first-order chi connectivity index (χ1) is 8.88. The molecule has 2 fully saturated rings. The molecule has 1 saturated carbocycles. The van der Waals surface area contributed by atoms with Crippen molar-refractivity contribution in [2.75, 3.05) is 18.1 Å². The van der Waals surface area contributed by atoms with E-state index < -0.39 is 15.4 Å². The Morgan fingerprint density at radius 3 is 2.42 bits per heavy atom. The zero-order valence-electron chi connectivity index (χ0n) is 11.6. The topological polar surface area (TPSA) is 80.5 Å². The van der Waals surface area contributed by atoms with E-state index in [4.69, 9.17) is 5.73 Å². The van der Waals surface area contributed by atoms with Gasteiger partial charge in [0.05, 0.1) is 17.0 Å². The summed E-state index contributed by atoms with van der Waals surface area (Å²) < 4.78 is 23.1. The molecule has 19 heavy (non-hydrogen) atoms. The Kier molecular flexibility index (Phi) is 4.20. The molecule has 110 valence electrons. The van der Waals surface area contributed by atoms with E-state index in [9.17, 15) is 13.2 Å². The van der Waals surface area contributed by atoms with Crippen LogP contribution in [-0.4, -0.2) is 48.9 Å². The van der Waals surface area contributed by atoms with Crippen LogP contribution >= 0.6 is 0 Å². The highest BCUT2D eigenvalue weighted by Crippen LogP contribution is 2.29. The van der Waals surface area contributed by atoms with E-state index in [1.165, 1.54) is 0 Å². The number of likely N-dealkylation sites (N-methyl/N-ethyl adjacent to an activating group) is 1. The predicted octanol–water partition coefficient (Wildman–Crippen LogP) is 0.684. The van der Waals surface area contributed by atoms with Crippen LogP contribution in [0.5, 0.6) is 0 Å². The van der Waals surface area contributed by atoms with Crippen LogP contribution in [0.2, 0.25) is 0 Å². The van der Waals surface area contributed by atoms with E-state index >= 15 is 0 Å². The van der Waals surface area contributed by atoms with Crippen molar-refractivity contribution in [3.05, 3.63) is 0 Å². The number of rotatable bonds is 3. The lowest BCUT2D eigenvalue weighted by Crippen LogP contribution is -2.58. The zero-order valence-corrected chi connectivity index (χ0v) is 12.4. The van der Waals surface area contributed by atoms with Gasteiger partial charge in [0.1, 0.15) is 0 Å². The van der Waals surface area contributed by atoms with E-state index in [2.05, 4.69) is 0 Å². The largest absolute Gasteiger partial charge is 0.337 e. The number of hydrogen-bond donors (Lipinski definition) is 1. The van der Waals surface area contributed by atoms with Crippen LogP contribution in [0, 0.1) is 0 Å². The predicted molar refractivity (Wildman–Crippen MR) is 74.4 cm³/mol. The monoisotopic (exact) mass is 288 g/mol. The van der Waals surface area contributed by atoms with Crippen molar-refractivity contribution < 1.29 is 13.2 Å². The lowest BCUT2D eigenvalue weighted by atomic mass is 9.81. The number of nitrogens with two attached hydrogens (primary N) is 1. The van der Waals surface area contributed by atoms with Crippen LogP contribution in [-0.2, 0) is 14.6 Å². The molecule has 1 heterocycles. The Hall–Kier alpha value is -0.620. The maximum atomic E-state index is 12.7. The summed E-state index contributed by atoms with van der Waals surface area (Å²) in [5, 5.41) is 0. The van der Waals surface area contributed by atoms with Gasteiger partial charge in [-0.3, -0.25) is 4.79 Å². The average Bonchev–Trinajstić information content (AvgIpc) is 2.71. The smallest absolute Gasteiger partial charge is 0.242 e. The van der Waals surface area contributed by atoms with Crippen LogP contribution in [0.25, 0.3) is 0 Å². The highest BCUT2D eigenvalue weighted by molar-refractivity contribution is 7.91. The molecule has 1 unspecified atom stereocenters. The molecule has 2 rings (SSSR count). The Balaban J connectivity index is 2.11. The van der Waals surface area contributed by atoms with Crippen molar-refractivity contribution >= 4 is 15.7 Å². The summed E-state index contributed by atoms with van der Waals surface area (Å²) in [7, 11) is -2.97. The molecule has 5 nitrogen and oxygen atoms in total. The van der Waals surface area contributed by atoms with Gasteiger partial charge in [-0.15, -0.1) is 0 Å². The number of amides is 1. The number of nitrogens with zero attached hydrogens (tertiary/aromatic N) is 1. The summed E-state index contributed by atoms with van der Waals surface area (Å²) in [5.74, 6) is 0.249. The Bertz CT molecular complexity index is 441. The molecule has 1 aliphatic heterocycles.